The van der Waals surface area contributed by atoms with E-state index in [1.807, 2.05) is 11.9 Å². The Balaban J connectivity index is 1.79. The number of likely N-dealkylation sites (tertiary alicyclic amines) is 1. The third kappa shape index (κ3) is 4.83. The van der Waals surface area contributed by atoms with Gasteiger partial charge in [-0.2, -0.15) is 0 Å². The number of aliphatic imine (C=N–C) groups is 1. The summed E-state index contributed by atoms with van der Waals surface area (Å²) in [7, 11) is 1.85. The Morgan fingerprint density at radius 1 is 1.09 bits per heavy atom. The van der Waals surface area contributed by atoms with Gasteiger partial charge >= 0.3 is 0 Å². The van der Waals surface area contributed by atoms with Gasteiger partial charge in [-0.1, -0.05) is 13.3 Å². The lowest BCUT2D eigenvalue weighted by Gasteiger charge is -2.39. The van der Waals surface area contributed by atoms with Crippen molar-refractivity contribution in [3.63, 3.8) is 0 Å². The molecule has 2 aliphatic heterocycles. The van der Waals surface area contributed by atoms with Gasteiger partial charge in [0.2, 0.25) is 5.91 Å². The highest BCUT2D eigenvalue weighted by atomic mass is 16.2. The number of amides is 1. The summed E-state index contributed by atoms with van der Waals surface area (Å²) in [6.45, 7) is 10.8. The maximum Gasteiger partial charge on any atom is 0.239 e. The fourth-order valence-corrected chi connectivity index (χ4v) is 3.39. The standard InChI is InChI=1S/C17H33N5O/c1-4-5-8-19-17(18-3)22-13-11-20(12-14-22)15(2)16(23)21-9-6-7-10-21/h15H,4-14H2,1-3H3,(H,18,19). The number of carbonyl (C=O) groups is 1. The second kappa shape index (κ2) is 9.11. The predicted molar refractivity (Wildman–Crippen MR) is 94.7 cm³/mol. The number of rotatable bonds is 5. The average molecular weight is 323 g/mol. The maximum absolute atomic E-state index is 12.5. The molecule has 1 unspecified atom stereocenters. The molecule has 2 aliphatic rings. The van der Waals surface area contributed by atoms with Gasteiger partial charge in [-0.25, -0.2) is 0 Å². The van der Waals surface area contributed by atoms with Crippen LogP contribution >= 0.6 is 0 Å². The van der Waals surface area contributed by atoms with Crippen LogP contribution in [-0.4, -0.2) is 85.5 Å². The van der Waals surface area contributed by atoms with Crippen molar-refractivity contribution in [2.24, 2.45) is 4.99 Å². The van der Waals surface area contributed by atoms with Crippen LogP contribution in [0.2, 0.25) is 0 Å². The first-order valence-electron chi connectivity index (χ1n) is 9.15. The maximum atomic E-state index is 12.5. The Bertz CT molecular complexity index is 398. The number of hydrogen-bond acceptors (Lipinski definition) is 3. The number of guanidine groups is 1. The Labute approximate surface area is 140 Å². The summed E-state index contributed by atoms with van der Waals surface area (Å²) in [5.41, 5.74) is 0. The van der Waals surface area contributed by atoms with E-state index in [4.69, 9.17) is 0 Å². The van der Waals surface area contributed by atoms with Crippen molar-refractivity contribution in [2.75, 3.05) is 52.9 Å². The molecule has 132 valence electrons. The van der Waals surface area contributed by atoms with E-state index >= 15 is 0 Å². The molecule has 23 heavy (non-hydrogen) atoms. The van der Waals surface area contributed by atoms with Crippen LogP contribution in [0, 0.1) is 0 Å². The molecule has 1 N–H and O–H groups in total. The second-order valence-electron chi connectivity index (χ2n) is 6.56. The van der Waals surface area contributed by atoms with Crippen molar-refractivity contribution >= 4 is 11.9 Å². The van der Waals surface area contributed by atoms with Crippen LogP contribution in [0.25, 0.3) is 0 Å². The van der Waals surface area contributed by atoms with E-state index in [0.717, 1.165) is 64.6 Å². The van der Waals surface area contributed by atoms with Crippen molar-refractivity contribution in [1.82, 2.24) is 20.0 Å². The molecule has 6 heteroatoms. The number of nitrogens with one attached hydrogen (secondary N) is 1. The van der Waals surface area contributed by atoms with Crippen molar-refractivity contribution in [3.8, 4) is 0 Å². The van der Waals surface area contributed by atoms with E-state index in [1.54, 1.807) is 0 Å². The van der Waals surface area contributed by atoms with Crippen molar-refractivity contribution < 1.29 is 4.79 Å². The van der Waals surface area contributed by atoms with E-state index < -0.39 is 0 Å². The topological polar surface area (TPSA) is 51.2 Å². The molecule has 0 radical (unpaired) electrons. The van der Waals surface area contributed by atoms with Gasteiger partial charge in [-0.05, 0) is 26.2 Å². The van der Waals surface area contributed by atoms with Crippen LogP contribution in [0.15, 0.2) is 4.99 Å². The van der Waals surface area contributed by atoms with Gasteiger partial charge in [-0.15, -0.1) is 0 Å². The van der Waals surface area contributed by atoms with Crippen molar-refractivity contribution in [2.45, 2.75) is 45.6 Å². The van der Waals surface area contributed by atoms with Gasteiger partial charge in [0.05, 0.1) is 6.04 Å². The van der Waals surface area contributed by atoms with Crippen LogP contribution in [-0.2, 0) is 4.79 Å². The first-order chi connectivity index (χ1) is 11.2. The fourth-order valence-electron chi connectivity index (χ4n) is 3.39. The highest BCUT2D eigenvalue weighted by molar-refractivity contribution is 5.82. The SMILES string of the molecule is CCCCNC(=NC)N1CCN(C(C)C(=O)N2CCCC2)CC1. The first kappa shape index (κ1) is 18.0. The van der Waals surface area contributed by atoms with E-state index in [9.17, 15) is 4.79 Å². The Hall–Kier alpha value is -1.30. The minimum absolute atomic E-state index is 0.00492. The summed E-state index contributed by atoms with van der Waals surface area (Å²) < 4.78 is 0. The average Bonchev–Trinajstić information content (AvgIpc) is 3.12. The molecule has 0 saturated carbocycles. The zero-order chi connectivity index (χ0) is 16.7. The molecule has 0 aromatic heterocycles. The number of unbranched alkanes of at least 4 members (excludes halogenated alkanes) is 1. The number of carbonyl (C=O) groups excluding carboxylic acids is 1. The van der Waals surface area contributed by atoms with Gasteiger partial charge in [0.15, 0.2) is 5.96 Å². The second-order valence-corrected chi connectivity index (χ2v) is 6.56. The van der Waals surface area contributed by atoms with Gasteiger partial charge in [0, 0.05) is 52.9 Å². The zero-order valence-corrected chi connectivity index (χ0v) is 15.1. The van der Waals surface area contributed by atoms with Gasteiger partial charge < -0.3 is 15.1 Å². The molecule has 2 saturated heterocycles. The summed E-state index contributed by atoms with van der Waals surface area (Å²) in [4.78, 5) is 23.6. The summed E-state index contributed by atoms with van der Waals surface area (Å²) in [5.74, 6) is 1.30. The number of nitrogens with zero attached hydrogens (tertiary/aromatic N) is 4. The lowest BCUT2D eigenvalue weighted by molar-refractivity contribution is -0.135. The van der Waals surface area contributed by atoms with Crippen LogP contribution < -0.4 is 5.32 Å². The van der Waals surface area contributed by atoms with Gasteiger partial charge in [0.1, 0.15) is 0 Å². The zero-order valence-electron chi connectivity index (χ0n) is 15.1. The quantitative estimate of drug-likeness (QED) is 0.466. The lowest BCUT2D eigenvalue weighted by Crippen LogP contribution is -2.57. The van der Waals surface area contributed by atoms with Crippen molar-refractivity contribution in [1.29, 1.82) is 0 Å². The molecular weight excluding hydrogens is 290 g/mol. The minimum atomic E-state index is 0.00492. The molecule has 2 heterocycles. The van der Waals surface area contributed by atoms with Crippen LogP contribution in [0.3, 0.4) is 0 Å². The van der Waals surface area contributed by atoms with Crippen LogP contribution in [0.4, 0.5) is 0 Å². The third-order valence-corrected chi connectivity index (χ3v) is 4.96. The lowest BCUT2D eigenvalue weighted by atomic mass is 10.2. The summed E-state index contributed by atoms with van der Waals surface area (Å²) >= 11 is 0. The number of hydrogen-bond donors (Lipinski definition) is 1. The van der Waals surface area contributed by atoms with E-state index in [0.29, 0.717) is 5.91 Å². The molecule has 6 nitrogen and oxygen atoms in total. The molecule has 1 atom stereocenters. The molecule has 0 aliphatic carbocycles. The molecule has 0 spiro atoms. The molecular formula is C17H33N5O. The van der Waals surface area contributed by atoms with E-state index in [2.05, 4.69) is 34.0 Å². The predicted octanol–water partition coefficient (Wildman–Crippen LogP) is 0.990. The van der Waals surface area contributed by atoms with Crippen LogP contribution in [0.1, 0.15) is 39.5 Å². The van der Waals surface area contributed by atoms with Crippen molar-refractivity contribution in [3.05, 3.63) is 0 Å². The Morgan fingerprint density at radius 3 is 2.30 bits per heavy atom. The monoisotopic (exact) mass is 323 g/mol. The molecule has 0 bridgehead atoms. The van der Waals surface area contributed by atoms with Crippen LogP contribution in [0.5, 0.6) is 0 Å². The van der Waals surface area contributed by atoms with E-state index in [-0.39, 0.29) is 6.04 Å². The smallest absolute Gasteiger partial charge is 0.239 e. The molecule has 0 aromatic carbocycles. The highest BCUT2D eigenvalue weighted by Gasteiger charge is 2.30. The Morgan fingerprint density at radius 2 is 1.74 bits per heavy atom. The third-order valence-electron chi connectivity index (χ3n) is 4.96. The number of piperazine rings is 1. The molecule has 2 fully saturated rings. The summed E-state index contributed by atoms with van der Waals surface area (Å²) in [6, 6.07) is 0.00492. The minimum Gasteiger partial charge on any atom is -0.356 e. The molecule has 1 amide bonds. The van der Waals surface area contributed by atoms with Gasteiger partial charge in [-0.3, -0.25) is 14.7 Å². The normalized spacial score (nSPS) is 21.6. The van der Waals surface area contributed by atoms with Gasteiger partial charge in [0.25, 0.3) is 0 Å². The summed E-state index contributed by atoms with van der Waals surface area (Å²) in [6.07, 6.45) is 4.67. The molecule has 2 rings (SSSR count). The Kier molecular flexibility index (Phi) is 7.15. The summed E-state index contributed by atoms with van der Waals surface area (Å²) in [5, 5.41) is 3.43. The largest absolute Gasteiger partial charge is 0.356 e. The first-order valence-corrected chi connectivity index (χ1v) is 9.15. The highest BCUT2D eigenvalue weighted by Crippen LogP contribution is 2.14. The fraction of sp³-hybridized carbons (Fsp3) is 0.882. The molecule has 0 aromatic rings. The van der Waals surface area contributed by atoms with E-state index in [1.165, 1.54) is 12.8 Å².